The fraction of sp³-hybridized carbons (Fsp3) is 0.538. The predicted molar refractivity (Wildman–Crippen MR) is 66.5 cm³/mol. The summed E-state index contributed by atoms with van der Waals surface area (Å²) in [5, 5.41) is 9.94. The highest BCUT2D eigenvalue weighted by atomic mass is 35.5. The summed E-state index contributed by atoms with van der Waals surface area (Å²) < 4.78 is 10.7. The molecule has 2 rings (SSSR count). The third kappa shape index (κ3) is 4.54. The van der Waals surface area contributed by atoms with Gasteiger partial charge < -0.3 is 14.6 Å². The summed E-state index contributed by atoms with van der Waals surface area (Å²) in [5.41, 5.74) is 0. The molecule has 2 atom stereocenters. The topological polar surface area (TPSA) is 42.0 Å². The Kier molecular flexibility index (Phi) is 4.66. The molecule has 1 saturated heterocycles. The van der Waals surface area contributed by atoms with Crippen LogP contribution in [-0.2, 0) is 4.74 Å². The molecule has 1 aliphatic rings. The molecule has 2 unspecified atom stereocenters. The van der Waals surface area contributed by atoms with Gasteiger partial charge in [0.1, 0.15) is 5.75 Å². The molecule has 4 heteroatoms. The summed E-state index contributed by atoms with van der Waals surface area (Å²) in [7, 11) is 0. The SMILES string of the molecule is OCC(CCC1CO1)COc1ccc(Cl)cc1. The highest BCUT2D eigenvalue weighted by molar-refractivity contribution is 6.30. The highest BCUT2D eigenvalue weighted by Gasteiger charge is 2.23. The molecule has 0 amide bonds. The number of hydrogen-bond acceptors (Lipinski definition) is 3. The van der Waals surface area contributed by atoms with Crippen LogP contribution in [0.1, 0.15) is 12.8 Å². The van der Waals surface area contributed by atoms with E-state index in [1.165, 1.54) is 0 Å². The van der Waals surface area contributed by atoms with Gasteiger partial charge in [-0.05, 0) is 37.1 Å². The van der Waals surface area contributed by atoms with E-state index in [1.54, 1.807) is 12.1 Å². The van der Waals surface area contributed by atoms with Gasteiger partial charge in [-0.1, -0.05) is 11.6 Å². The van der Waals surface area contributed by atoms with Gasteiger partial charge in [0.15, 0.2) is 0 Å². The maximum atomic E-state index is 9.24. The summed E-state index contributed by atoms with van der Waals surface area (Å²) in [5.74, 6) is 0.963. The molecule has 0 saturated carbocycles. The average Bonchev–Trinajstić information content (AvgIpc) is 3.15. The summed E-state index contributed by atoms with van der Waals surface area (Å²) >= 11 is 5.78. The molecule has 0 bridgehead atoms. The van der Waals surface area contributed by atoms with Crippen LogP contribution in [0.25, 0.3) is 0 Å². The Bertz CT molecular complexity index is 335. The van der Waals surface area contributed by atoms with E-state index in [0.717, 1.165) is 25.2 Å². The lowest BCUT2D eigenvalue weighted by Crippen LogP contribution is -2.16. The molecule has 1 heterocycles. The van der Waals surface area contributed by atoms with E-state index in [2.05, 4.69) is 0 Å². The molecule has 1 fully saturated rings. The number of hydrogen-bond donors (Lipinski definition) is 1. The van der Waals surface area contributed by atoms with Crippen molar-refractivity contribution in [1.29, 1.82) is 0 Å². The van der Waals surface area contributed by atoms with E-state index >= 15 is 0 Å². The monoisotopic (exact) mass is 256 g/mol. The largest absolute Gasteiger partial charge is 0.493 e. The van der Waals surface area contributed by atoms with Gasteiger partial charge in [0.25, 0.3) is 0 Å². The molecule has 1 aromatic rings. The average molecular weight is 257 g/mol. The van der Waals surface area contributed by atoms with Crippen molar-refractivity contribution in [3.8, 4) is 5.75 Å². The summed E-state index contributed by atoms with van der Waals surface area (Å²) in [4.78, 5) is 0. The highest BCUT2D eigenvalue weighted by Crippen LogP contribution is 2.20. The van der Waals surface area contributed by atoms with Gasteiger partial charge in [0.2, 0.25) is 0 Å². The van der Waals surface area contributed by atoms with Crippen LogP contribution in [-0.4, -0.2) is 31.0 Å². The van der Waals surface area contributed by atoms with E-state index in [0.29, 0.717) is 17.7 Å². The lowest BCUT2D eigenvalue weighted by atomic mass is 10.0. The molecule has 17 heavy (non-hydrogen) atoms. The van der Waals surface area contributed by atoms with Crippen molar-refractivity contribution in [1.82, 2.24) is 0 Å². The Labute approximate surface area is 106 Å². The molecule has 1 aromatic carbocycles. The number of aliphatic hydroxyl groups is 1. The molecule has 0 aromatic heterocycles. The van der Waals surface area contributed by atoms with E-state index in [9.17, 15) is 5.11 Å². The molecule has 0 radical (unpaired) electrons. The maximum absolute atomic E-state index is 9.24. The number of benzene rings is 1. The van der Waals surface area contributed by atoms with Crippen molar-refractivity contribution in [2.24, 2.45) is 5.92 Å². The molecule has 94 valence electrons. The second-order valence-corrected chi connectivity index (χ2v) is 4.78. The molecule has 0 spiro atoms. The standard InChI is InChI=1S/C13H17ClO3/c14-11-2-5-12(6-3-11)16-8-10(7-15)1-4-13-9-17-13/h2-3,5-6,10,13,15H,1,4,7-9H2. The molecular formula is C13H17ClO3. The van der Waals surface area contributed by atoms with Gasteiger partial charge >= 0.3 is 0 Å². The van der Waals surface area contributed by atoms with Crippen molar-refractivity contribution in [2.75, 3.05) is 19.8 Å². The lowest BCUT2D eigenvalue weighted by Gasteiger charge is -2.14. The van der Waals surface area contributed by atoms with E-state index < -0.39 is 0 Å². The van der Waals surface area contributed by atoms with E-state index in [1.807, 2.05) is 12.1 Å². The van der Waals surface area contributed by atoms with E-state index in [4.69, 9.17) is 21.1 Å². The number of aliphatic hydroxyl groups excluding tert-OH is 1. The Balaban J connectivity index is 1.72. The first-order valence-corrected chi connectivity index (χ1v) is 6.26. The van der Waals surface area contributed by atoms with Gasteiger partial charge in [0.05, 0.1) is 19.3 Å². The van der Waals surface area contributed by atoms with Crippen molar-refractivity contribution in [3.05, 3.63) is 29.3 Å². The van der Waals surface area contributed by atoms with Gasteiger partial charge in [-0.15, -0.1) is 0 Å². The van der Waals surface area contributed by atoms with Crippen molar-refractivity contribution >= 4 is 11.6 Å². The number of epoxide rings is 1. The Hall–Kier alpha value is -0.770. The Morgan fingerprint density at radius 3 is 2.71 bits per heavy atom. The van der Waals surface area contributed by atoms with Gasteiger partial charge in [-0.25, -0.2) is 0 Å². The smallest absolute Gasteiger partial charge is 0.119 e. The fourth-order valence-corrected chi connectivity index (χ4v) is 1.75. The third-order valence-corrected chi connectivity index (χ3v) is 3.11. The quantitative estimate of drug-likeness (QED) is 0.763. The first-order chi connectivity index (χ1) is 8.28. The fourth-order valence-electron chi connectivity index (χ4n) is 1.63. The van der Waals surface area contributed by atoms with Crippen LogP contribution in [0.5, 0.6) is 5.75 Å². The minimum Gasteiger partial charge on any atom is -0.493 e. The molecule has 3 nitrogen and oxygen atoms in total. The summed E-state index contributed by atoms with van der Waals surface area (Å²) in [6.45, 7) is 1.56. The number of rotatable bonds is 7. The van der Waals surface area contributed by atoms with Crippen LogP contribution in [0.4, 0.5) is 0 Å². The van der Waals surface area contributed by atoms with Crippen LogP contribution in [0, 0.1) is 5.92 Å². The van der Waals surface area contributed by atoms with Crippen molar-refractivity contribution in [2.45, 2.75) is 18.9 Å². The predicted octanol–water partition coefficient (Wildman–Crippen LogP) is 2.51. The minimum absolute atomic E-state index is 0.153. The zero-order valence-electron chi connectivity index (χ0n) is 9.64. The Morgan fingerprint density at radius 2 is 2.12 bits per heavy atom. The second kappa shape index (κ2) is 6.24. The van der Waals surface area contributed by atoms with Crippen LogP contribution in [0.15, 0.2) is 24.3 Å². The normalized spacial score (nSPS) is 20.0. The zero-order chi connectivity index (χ0) is 12.1. The molecule has 0 aliphatic carbocycles. The summed E-state index contributed by atoms with van der Waals surface area (Å²) in [6, 6.07) is 7.26. The van der Waals surface area contributed by atoms with Crippen molar-refractivity contribution < 1.29 is 14.6 Å². The molecule has 1 N–H and O–H groups in total. The second-order valence-electron chi connectivity index (χ2n) is 4.35. The van der Waals surface area contributed by atoms with Crippen molar-refractivity contribution in [3.63, 3.8) is 0 Å². The first-order valence-electron chi connectivity index (χ1n) is 5.88. The number of ether oxygens (including phenoxy) is 2. The maximum Gasteiger partial charge on any atom is 0.119 e. The minimum atomic E-state index is 0.153. The van der Waals surface area contributed by atoms with Gasteiger partial charge in [0, 0.05) is 17.5 Å². The first kappa shape index (κ1) is 12.7. The van der Waals surface area contributed by atoms with Crippen LogP contribution < -0.4 is 4.74 Å². The number of halogens is 1. The molecule has 1 aliphatic heterocycles. The van der Waals surface area contributed by atoms with E-state index in [-0.39, 0.29) is 12.5 Å². The lowest BCUT2D eigenvalue weighted by molar-refractivity contribution is 0.152. The van der Waals surface area contributed by atoms with Gasteiger partial charge in [-0.3, -0.25) is 0 Å². The van der Waals surface area contributed by atoms with Crippen LogP contribution >= 0.6 is 11.6 Å². The summed E-state index contributed by atoms with van der Waals surface area (Å²) in [6.07, 6.45) is 2.36. The Morgan fingerprint density at radius 1 is 1.41 bits per heavy atom. The van der Waals surface area contributed by atoms with Crippen LogP contribution in [0.3, 0.4) is 0 Å². The third-order valence-electron chi connectivity index (χ3n) is 2.86. The van der Waals surface area contributed by atoms with Gasteiger partial charge in [-0.2, -0.15) is 0 Å². The molecular weight excluding hydrogens is 240 g/mol. The van der Waals surface area contributed by atoms with Crippen LogP contribution in [0.2, 0.25) is 5.02 Å². The zero-order valence-corrected chi connectivity index (χ0v) is 10.4.